The van der Waals surface area contributed by atoms with Crippen molar-refractivity contribution < 1.29 is 4.79 Å². The number of hydrogen-bond donors (Lipinski definition) is 0. The average Bonchev–Trinajstić information content (AvgIpc) is 2.25. The molecule has 0 aromatic heterocycles. The Labute approximate surface area is 90.9 Å². The molecule has 0 aliphatic carbocycles. The number of rotatable bonds is 1. The van der Waals surface area contributed by atoms with Gasteiger partial charge in [0.05, 0.1) is 0 Å². The van der Waals surface area contributed by atoms with E-state index in [0.717, 1.165) is 6.54 Å². The molecule has 15 heavy (non-hydrogen) atoms. The minimum Gasteiger partial charge on any atom is -0.299 e. The van der Waals surface area contributed by atoms with Gasteiger partial charge in [-0.05, 0) is 12.6 Å². The van der Waals surface area contributed by atoms with Gasteiger partial charge in [-0.25, -0.2) is 0 Å². The standard InChI is InChI=1S/C13H17NO/c1-10-9-14(2)12(8-13(10)15)11-6-4-3-5-7-11/h3-7,10,12H,8-9H2,1-2H3/t10-,12-/m0/s1. The molecule has 0 saturated carbocycles. The van der Waals surface area contributed by atoms with E-state index < -0.39 is 0 Å². The Hall–Kier alpha value is -1.15. The van der Waals surface area contributed by atoms with Crippen LogP contribution in [0.15, 0.2) is 30.3 Å². The van der Waals surface area contributed by atoms with E-state index in [1.54, 1.807) is 0 Å². The quantitative estimate of drug-likeness (QED) is 0.698. The summed E-state index contributed by atoms with van der Waals surface area (Å²) in [6.07, 6.45) is 0.654. The predicted octanol–water partition coefficient (Wildman–Crippen LogP) is 2.27. The summed E-state index contributed by atoms with van der Waals surface area (Å²) in [7, 11) is 2.10. The molecule has 1 aromatic carbocycles. The first kappa shape index (κ1) is 10.4. The highest BCUT2D eigenvalue weighted by atomic mass is 16.1. The fraction of sp³-hybridized carbons (Fsp3) is 0.462. The molecule has 1 fully saturated rings. The van der Waals surface area contributed by atoms with Crippen LogP contribution in [0, 0.1) is 5.92 Å². The Morgan fingerprint density at radius 1 is 1.27 bits per heavy atom. The smallest absolute Gasteiger partial charge is 0.138 e. The van der Waals surface area contributed by atoms with Gasteiger partial charge >= 0.3 is 0 Å². The highest BCUT2D eigenvalue weighted by Gasteiger charge is 2.30. The third-order valence-electron chi connectivity index (χ3n) is 3.22. The van der Waals surface area contributed by atoms with Gasteiger partial charge in [-0.3, -0.25) is 9.69 Å². The van der Waals surface area contributed by atoms with Gasteiger partial charge in [0.1, 0.15) is 5.78 Å². The van der Waals surface area contributed by atoms with Crippen LogP contribution in [0.3, 0.4) is 0 Å². The summed E-state index contributed by atoms with van der Waals surface area (Å²) in [5.41, 5.74) is 1.25. The molecule has 2 heteroatoms. The number of Topliss-reactive ketones (excluding diaryl/α,β-unsaturated/α-hetero) is 1. The maximum absolute atomic E-state index is 11.7. The molecule has 1 aromatic rings. The minimum atomic E-state index is 0.190. The number of nitrogens with zero attached hydrogens (tertiary/aromatic N) is 1. The van der Waals surface area contributed by atoms with E-state index in [-0.39, 0.29) is 12.0 Å². The maximum Gasteiger partial charge on any atom is 0.138 e. The maximum atomic E-state index is 11.7. The van der Waals surface area contributed by atoms with E-state index in [1.165, 1.54) is 5.56 Å². The van der Waals surface area contributed by atoms with E-state index in [1.807, 2.05) is 25.1 Å². The highest BCUT2D eigenvalue weighted by molar-refractivity contribution is 5.82. The zero-order valence-electron chi connectivity index (χ0n) is 9.31. The van der Waals surface area contributed by atoms with Gasteiger partial charge in [0.25, 0.3) is 0 Å². The van der Waals surface area contributed by atoms with Gasteiger partial charge < -0.3 is 0 Å². The van der Waals surface area contributed by atoms with Gasteiger partial charge in [-0.15, -0.1) is 0 Å². The summed E-state index contributed by atoms with van der Waals surface area (Å²) in [6, 6.07) is 10.6. The van der Waals surface area contributed by atoms with Crippen LogP contribution in [0.5, 0.6) is 0 Å². The van der Waals surface area contributed by atoms with Gasteiger partial charge in [-0.2, -0.15) is 0 Å². The molecule has 80 valence electrons. The number of ketones is 1. The van der Waals surface area contributed by atoms with Crippen LogP contribution in [0.4, 0.5) is 0 Å². The molecule has 0 amide bonds. The molecule has 1 aliphatic rings. The number of benzene rings is 1. The molecule has 0 N–H and O–H groups in total. The number of likely N-dealkylation sites (tertiary alicyclic amines) is 1. The van der Waals surface area contributed by atoms with Gasteiger partial charge in [0, 0.05) is 24.9 Å². The molecule has 2 rings (SSSR count). The first-order valence-corrected chi connectivity index (χ1v) is 5.46. The van der Waals surface area contributed by atoms with Crippen molar-refractivity contribution in [3.63, 3.8) is 0 Å². The lowest BCUT2D eigenvalue weighted by Crippen LogP contribution is -2.39. The van der Waals surface area contributed by atoms with Crippen molar-refractivity contribution in [2.45, 2.75) is 19.4 Å². The van der Waals surface area contributed by atoms with Crippen molar-refractivity contribution in [3.05, 3.63) is 35.9 Å². The van der Waals surface area contributed by atoms with Crippen molar-refractivity contribution in [1.29, 1.82) is 0 Å². The molecule has 2 nitrogen and oxygen atoms in total. The lowest BCUT2D eigenvalue weighted by Gasteiger charge is -2.35. The predicted molar refractivity (Wildman–Crippen MR) is 60.6 cm³/mol. The summed E-state index contributed by atoms with van der Waals surface area (Å²) in [5, 5.41) is 0. The fourth-order valence-electron chi connectivity index (χ4n) is 2.26. The zero-order valence-corrected chi connectivity index (χ0v) is 9.31. The Bertz CT molecular complexity index is 347. The number of carbonyl (C=O) groups excluding carboxylic acids is 1. The second kappa shape index (κ2) is 4.15. The van der Waals surface area contributed by atoms with E-state index in [4.69, 9.17) is 0 Å². The number of carbonyl (C=O) groups is 1. The number of piperidine rings is 1. The summed E-state index contributed by atoms with van der Waals surface area (Å²) < 4.78 is 0. The van der Waals surface area contributed by atoms with Crippen LogP contribution >= 0.6 is 0 Å². The molecular formula is C13H17NO. The minimum absolute atomic E-state index is 0.190. The van der Waals surface area contributed by atoms with Crippen LogP contribution in [-0.4, -0.2) is 24.3 Å². The van der Waals surface area contributed by atoms with E-state index in [0.29, 0.717) is 12.2 Å². The normalized spacial score (nSPS) is 28.0. The molecule has 0 bridgehead atoms. The summed E-state index contributed by atoms with van der Waals surface area (Å²) >= 11 is 0. The topological polar surface area (TPSA) is 20.3 Å². The third kappa shape index (κ3) is 2.10. The second-order valence-corrected chi connectivity index (χ2v) is 4.44. The third-order valence-corrected chi connectivity index (χ3v) is 3.22. The van der Waals surface area contributed by atoms with Crippen molar-refractivity contribution in [1.82, 2.24) is 4.90 Å². The van der Waals surface area contributed by atoms with E-state index >= 15 is 0 Å². The van der Waals surface area contributed by atoms with Crippen LogP contribution in [-0.2, 0) is 4.79 Å². The molecule has 2 atom stereocenters. The van der Waals surface area contributed by atoms with Crippen LogP contribution < -0.4 is 0 Å². The van der Waals surface area contributed by atoms with Crippen LogP contribution in [0.1, 0.15) is 24.9 Å². The lowest BCUT2D eigenvalue weighted by molar-refractivity contribution is -0.127. The molecule has 0 unspecified atom stereocenters. The number of hydrogen-bond acceptors (Lipinski definition) is 2. The fourth-order valence-corrected chi connectivity index (χ4v) is 2.26. The molecule has 1 heterocycles. The molecular weight excluding hydrogens is 186 g/mol. The van der Waals surface area contributed by atoms with Crippen LogP contribution in [0.2, 0.25) is 0 Å². The Morgan fingerprint density at radius 3 is 2.60 bits per heavy atom. The molecule has 1 aliphatic heterocycles. The van der Waals surface area contributed by atoms with E-state index in [9.17, 15) is 4.79 Å². The first-order chi connectivity index (χ1) is 7.18. The van der Waals surface area contributed by atoms with Crippen molar-refractivity contribution >= 4 is 5.78 Å². The highest BCUT2D eigenvalue weighted by Crippen LogP contribution is 2.29. The largest absolute Gasteiger partial charge is 0.299 e. The molecule has 0 radical (unpaired) electrons. The SMILES string of the molecule is C[C@H]1CN(C)[C@H](c2ccccc2)CC1=O. The van der Waals surface area contributed by atoms with Gasteiger partial charge in [-0.1, -0.05) is 37.3 Å². The molecule has 1 saturated heterocycles. The first-order valence-electron chi connectivity index (χ1n) is 5.46. The Morgan fingerprint density at radius 2 is 1.93 bits per heavy atom. The Kier molecular flexibility index (Phi) is 2.87. The van der Waals surface area contributed by atoms with Crippen molar-refractivity contribution in [2.24, 2.45) is 5.92 Å². The van der Waals surface area contributed by atoms with Crippen molar-refractivity contribution in [2.75, 3.05) is 13.6 Å². The zero-order chi connectivity index (χ0) is 10.8. The van der Waals surface area contributed by atoms with Crippen LogP contribution in [0.25, 0.3) is 0 Å². The van der Waals surface area contributed by atoms with Crippen molar-refractivity contribution in [3.8, 4) is 0 Å². The van der Waals surface area contributed by atoms with Gasteiger partial charge in [0.15, 0.2) is 0 Å². The monoisotopic (exact) mass is 203 g/mol. The summed E-state index contributed by atoms with van der Waals surface area (Å²) in [5.74, 6) is 0.580. The molecule has 0 spiro atoms. The summed E-state index contributed by atoms with van der Waals surface area (Å²) in [4.78, 5) is 14.0. The second-order valence-electron chi connectivity index (χ2n) is 4.44. The Balaban J connectivity index is 2.20. The lowest BCUT2D eigenvalue weighted by atomic mass is 9.89. The average molecular weight is 203 g/mol. The summed E-state index contributed by atoms with van der Waals surface area (Å²) in [6.45, 7) is 2.89. The van der Waals surface area contributed by atoms with E-state index in [2.05, 4.69) is 24.1 Å². The van der Waals surface area contributed by atoms with Gasteiger partial charge in [0.2, 0.25) is 0 Å².